The lowest BCUT2D eigenvalue weighted by atomic mass is 10.2. The zero-order valence-electron chi connectivity index (χ0n) is 10.4. The van der Waals surface area contributed by atoms with Crippen LogP contribution >= 0.6 is 11.6 Å². The summed E-state index contributed by atoms with van der Waals surface area (Å²) in [5.41, 5.74) is 2.07. The van der Waals surface area contributed by atoms with Crippen LogP contribution in [-0.2, 0) is 6.54 Å². The summed E-state index contributed by atoms with van der Waals surface area (Å²) in [7, 11) is 1.64. The Hall–Kier alpha value is -1.74. The molecule has 0 saturated heterocycles. The summed E-state index contributed by atoms with van der Waals surface area (Å²) in [4.78, 5) is 4.28. The average molecular weight is 263 g/mol. The molecule has 4 heteroatoms. The van der Waals surface area contributed by atoms with E-state index in [1.165, 1.54) is 0 Å². The monoisotopic (exact) mass is 262 g/mol. The number of nitrogens with zero attached hydrogens (tertiary/aromatic N) is 1. The Morgan fingerprint density at radius 1 is 1.28 bits per heavy atom. The van der Waals surface area contributed by atoms with Crippen LogP contribution in [0.3, 0.4) is 0 Å². The van der Waals surface area contributed by atoms with E-state index < -0.39 is 0 Å². The predicted molar refractivity (Wildman–Crippen MR) is 74.3 cm³/mol. The average Bonchev–Trinajstić information content (AvgIpc) is 2.39. The van der Waals surface area contributed by atoms with Crippen molar-refractivity contribution in [3.05, 3.63) is 52.7 Å². The molecule has 3 nitrogen and oxygen atoms in total. The number of ether oxygens (including phenoxy) is 1. The predicted octanol–water partition coefficient (Wildman–Crippen LogP) is 3.66. The lowest BCUT2D eigenvalue weighted by molar-refractivity contribution is 0.410. The largest absolute Gasteiger partial charge is 0.496 e. The Morgan fingerprint density at radius 2 is 2.11 bits per heavy atom. The van der Waals surface area contributed by atoms with Crippen LogP contribution < -0.4 is 10.1 Å². The number of benzene rings is 1. The molecule has 0 radical (unpaired) electrons. The zero-order valence-corrected chi connectivity index (χ0v) is 11.2. The van der Waals surface area contributed by atoms with Gasteiger partial charge in [-0.25, -0.2) is 4.98 Å². The minimum atomic E-state index is 0.582. The number of aryl methyl sites for hydroxylation is 1. The van der Waals surface area contributed by atoms with E-state index in [9.17, 15) is 0 Å². The summed E-state index contributed by atoms with van der Waals surface area (Å²) in [6, 6.07) is 9.57. The van der Waals surface area contributed by atoms with E-state index in [1.807, 2.05) is 43.5 Å². The fourth-order valence-electron chi connectivity index (χ4n) is 1.65. The van der Waals surface area contributed by atoms with Gasteiger partial charge in [-0.1, -0.05) is 23.7 Å². The molecular formula is C14H15ClN2O. The molecule has 0 aliphatic heterocycles. The Bertz CT molecular complexity index is 526. The molecule has 94 valence electrons. The molecular weight excluding hydrogens is 248 g/mol. The maximum Gasteiger partial charge on any atom is 0.126 e. The van der Waals surface area contributed by atoms with Crippen molar-refractivity contribution in [1.29, 1.82) is 0 Å². The van der Waals surface area contributed by atoms with Gasteiger partial charge < -0.3 is 10.1 Å². The maximum atomic E-state index is 6.16. The van der Waals surface area contributed by atoms with Gasteiger partial charge in [0.25, 0.3) is 0 Å². The van der Waals surface area contributed by atoms with Crippen LogP contribution in [0.1, 0.15) is 11.1 Å². The molecule has 0 aliphatic rings. The highest BCUT2D eigenvalue weighted by Crippen LogP contribution is 2.26. The molecule has 0 fully saturated rings. The van der Waals surface area contributed by atoms with Crippen molar-refractivity contribution in [2.24, 2.45) is 0 Å². The minimum absolute atomic E-state index is 0.582. The van der Waals surface area contributed by atoms with Crippen molar-refractivity contribution in [1.82, 2.24) is 4.98 Å². The SMILES string of the molecule is COc1cccc(Cl)c1CNc1ccc(C)cn1. The molecule has 2 aromatic rings. The number of methoxy groups -OCH3 is 1. The summed E-state index contributed by atoms with van der Waals surface area (Å²) in [5.74, 6) is 1.60. The molecule has 18 heavy (non-hydrogen) atoms. The first-order valence-electron chi connectivity index (χ1n) is 5.68. The number of nitrogens with one attached hydrogen (secondary N) is 1. The summed E-state index contributed by atoms with van der Waals surface area (Å²) in [6.45, 7) is 2.59. The zero-order chi connectivity index (χ0) is 13.0. The number of pyridine rings is 1. The van der Waals surface area contributed by atoms with Gasteiger partial charge in [0.05, 0.1) is 7.11 Å². The molecule has 0 bridgehead atoms. The van der Waals surface area contributed by atoms with Crippen LogP contribution in [0.5, 0.6) is 5.75 Å². The molecule has 0 amide bonds. The normalized spacial score (nSPS) is 10.2. The van der Waals surface area contributed by atoms with Crippen molar-refractivity contribution in [2.45, 2.75) is 13.5 Å². The van der Waals surface area contributed by atoms with Gasteiger partial charge in [-0.3, -0.25) is 0 Å². The van der Waals surface area contributed by atoms with E-state index in [0.29, 0.717) is 11.6 Å². The highest BCUT2D eigenvalue weighted by atomic mass is 35.5. The van der Waals surface area contributed by atoms with Gasteiger partial charge in [0.2, 0.25) is 0 Å². The smallest absolute Gasteiger partial charge is 0.126 e. The minimum Gasteiger partial charge on any atom is -0.496 e. The van der Waals surface area contributed by atoms with Gasteiger partial charge in [-0.15, -0.1) is 0 Å². The third kappa shape index (κ3) is 2.93. The highest BCUT2D eigenvalue weighted by Gasteiger charge is 2.07. The lowest BCUT2D eigenvalue weighted by Gasteiger charge is -2.11. The Kier molecular flexibility index (Phi) is 4.05. The first-order chi connectivity index (χ1) is 8.70. The van der Waals surface area contributed by atoms with Gasteiger partial charge in [-0.2, -0.15) is 0 Å². The molecule has 1 aromatic carbocycles. The van der Waals surface area contributed by atoms with E-state index in [-0.39, 0.29) is 0 Å². The second-order valence-corrected chi connectivity index (χ2v) is 4.40. The van der Waals surface area contributed by atoms with Crippen molar-refractivity contribution in [3.63, 3.8) is 0 Å². The third-order valence-electron chi connectivity index (χ3n) is 2.65. The molecule has 0 aliphatic carbocycles. The van der Waals surface area contributed by atoms with Crippen molar-refractivity contribution >= 4 is 17.4 Å². The second-order valence-electron chi connectivity index (χ2n) is 3.99. The van der Waals surface area contributed by atoms with E-state index >= 15 is 0 Å². The number of anilines is 1. The van der Waals surface area contributed by atoms with Crippen molar-refractivity contribution < 1.29 is 4.74 Å². The van der Waals surface area contributed by atoms with Gasteiger partial charge in [0, 0.05) is 23.3 Å². The number of hydrogen-bond acceptors (Lipinski definition) is 3. The lowest BCUT2D eigenvalue weighted by Crippen LogP contribution is -2.03. The van der Waals surface area contributed by atoms with Crippen LogP contribution in [-0.4, -0.2) is 12.1 Å². The number of hydrogen-bond donors (Lipinski definition) is 1. The summed E-state index contributed by atoms with van der Waals surface area (Å²) in [6.07, 6.45) is 1.83. The molecule has 1 aromatic heterocycles. The van der Waals surface area contributed by atoms with Crippen molar-refractivity contribution in [2.75, 3.05) is 12.4 Å². The summed E-state index contributed by atoms with van der Waals surface area (Å²) < 4.78 is 5.29. The van der Waals surface area contributed by atoms with Crippen LogP contribution in [0.15, 0.2) is 36.5 Å². The topological polar surface area (TPSA) is 34.1 Å². The Morgan fingerprint density at radius 3 is 2.78 bits per heavy atom. The van der Waals surface area contributed by atoms with Crippen LogP contribution in [0, 0.1) is 6.92 Å². The number of halogens is 1. The van der Waals surface area contributed by atoms with E-state index in [0.717, 1.165) is 22.7 Å². The first kappa shape index (κ1) is 12.7. The number of rotatable bonds is 4. The van der Waals surface area contributed by atoms with E-state index in [2.05, 4.69) is 10.3 Å². The first-order valence-corrected chi connectivity index (χ1v) is 6.06. The molecule has 0 spiro atoms. The molecule has 1 heterocycles. The van der Waals surface area contributed by atoms with Crippen LogP contribution in [0.25, 0.3) is 0 Å². The summed E-state index contributed by atoms with van der Waals surface area (Å²) in [5, 5.41) is 3.92. The van der Waals surface area contributed by atoms with E-state index in [1.54, 1.807) is 7.11 Å². The van der Waals surface area contributed by atoms with Gasteiger partial charge in [0.1, 0.15) is 11.6 Å². The van der Waals surface area contributed by atoms with Gasteiger partial charge >= 0.3 is 0 Å². The quantitative estimate of drug-likeness (QED) is 0.913. The third-order valence-corrected chi connectivity index (χ3v) is 3.01. The maximum absolute atomic E-state index is 6.16. The van der Waals surface area contributed by atoms with Crippen LogP contribution in [0.4, 0.5) is 5.82 Å². The highest BCUT2D eigenvalue weighted by molar-refractivity contribution is 6.31. The molecule has 0 unspecified atom stereocenters. The fourth-order valence-corrected chi connectivity index (χ4v) is 1.89. The molecule has 2 rings (SSSR count). The molecule has 0 atom stereocenters. The molecule has 1 N–H and O–H groups in total. The fraction of sp³-hybridized carbons (Fsp3) is 0.214. The summed E-state index contributed by atoms with van der Waals surface area (Å²) >= 11 is 6.16. The Labute approximate surface area is 112 Å². The second kappa shape index (κ2) is 5.74. The standard InChI is InChI=1S/C14H15ClN2O/c1-10-6-7-14(16-8-10)17-9-11-12(15)4-3-5-13(11)18-2/h3-8H,9H2,1-2H3,(H,16,17). The van der Waals surface area contributed by atoms with Gasteiger partial charge in [-0.05, 0) is 30.7 Å². The number of aromatic nitrogens is 1. The van der Waals surface area contributed by atoms with E-state index in [4.69, 9.17) is 16.3 Å². The van der Waals surface area contributed by atoms with Crippen molar-refractivity contribution in [3.8, 4) is 5.75 Å². The van der Waals surface area contributed by atoms with Crippen LogP contribution in [0.2, 0.25) is 5.02 Å². The Balaban J connectivity index is 2.12. The molecule has 0 saturated carbocycles. The van der Waals surface area contributed by atoms with Gasteiger partial charge in [0.15, 0.2) is 0 Å².